The highest BCUT2D eigenvalue weighted by atomic mass is 32.2. The van der Waals surface area contributed by atoms with Gasteiger partial charge >= 0.3 is 6.18 Å². The predicted octanol–water partition coefficient (Wildman–Crippen LogP) is 4.70. The van der Waals surface area contributed by atoms with Crippen LogP contribution in [-0.2, 0) is 27.4 Å². The molecule has 0 unspecified atom stereocenters. The summed E-state index contributed by atoms with van der Waals surface area (Å²) in [6.45, 7) is 2.95. The van der Waals surface area contributed by atoms with Crippen LogP contribution in [0, 0.1) is 5.92 Å². The number of thiophene rings is 1. The topological polar surface area (TPSA) is 57.7 Å². The zero-order valence-electron chi connectivity index (χ0n) is 17.6. The molecule has 32 heavy (non-hydrogen) atoms. The van der Waals surface area contributed by atoms with E-state index >= 15 is 0 Å². The molecule has 0 spiro atoms. The zero-order chi connectivity index (χ0) is 23.1. The Morgan fingerprint density at radius 2 is 1.88 bits per heavy atom. The predicted molar refractivity (Wildman–Crippen MR) is 116 cm³/mol. The molecule has 1 aromatic heterocycles. The fraction of sp³-hybridized carbons (Fsp3) is 0.500. The molecule has 4 rings (SSSR count). The number of carbonyl (C=O) groups is 1. The van der Waals surface area contributed by atoms with Crippen LogP contribution in [0.15, 0.2) is 40.6 Å². The van der Waals surface area contributed by atoms with Gasteiger partial charge in [-0.05, 0) is 60.9 Å². The molecule has 0 bridgehead atoms. The second-order valence-corrected chi connectivity index (χ2v) is 11.1. The average molecular weight is 487 g/mol. The van der Waals surface area contributed by atoms with Gasteiger partial charge in [0, 0.05) is 30.4 Å². The lowest BCUT2D eigenvalue weighted by Gasteiger charge is -2.39. The van der Waals surface area contributed by atoms with E-state index in [9.17, 15) is 26.4 Å². The number of hydrogen-bond acceptors (Lipinski definition) is 4. The Balaban J connectivity index is 1.45. The van der Waals surface area contributed by atoms with Crippen LogP contribution in [0.3, 0.4) is 0 Å². The first kappa shape index (κ1) is 23.3. The summed E-state index contributed by atoms with van der Waals surface area (Å²) in [5.74, 6) is -0.234. The van der Waals surface area contributed by atoms with E-state index in [1.54, 1.807) is 11.3 Å². The number of nitrogens with zero attached hydrogens (tertiary/aromatic N) is 2. The highest BCUT2D eigenvalue weighted by molar-refractivity contribution is 7.89. The van der Waals surface area contributed by atoms with Crippen molar-refractivity contribution in [2.24, 2.45) is 5.92 Å². The number of rotatable bonds is 4. The number of carbonyl (C=O) groups excluding carboxylic acids is 1. The summed E-state index contributed by atoms with van der Waals surface area (Å²) in [6, 6.07) is 5.93. The SMILES string of the molecule is CC[C@H]1c2ccsc2CCN1C(=O)C1CCN(S(=O)(=O)c2cccc(C(F)(F)F)c2)CC1. The highest BCUT2D eigenvalue weighted by Gasteiger charge is 2.38. The first-order chi connectivity index (χ1) is 15.1. The Labute approximate surface area is 189 Å². The molecule has 1 saturated heterocycles. The number of halogens is 3. The van der Waals surface area contributed by atoms with E-state index in [2.05, 4.69) is 18.4 Å². The van der Waals surface area contributed by atoms with Gasteiger partial charge in [-0.2, -0.15) is 17.5 Å². The van der Waals surface area contributed by atoms with Crippen LogP contribution < -0.4 is 0 Å². The first-order valence-corrected chi connectivity index (χ1v) is 13.0. The second kappa shape index (κ2) is 8.79. The van der Waals surface area contributed by atoms with E-state index in [1.165, 1.54) is 20.8 Å². The molecule has 174 valence electrons. The normalized spacial score (nSPS) is 20.9. The minimum absolute atomic E-state index is 0.0457. The lowest BCUT2D eigenvalue weighted by Crippen LogP contribution is -2.47. The third kappa shape index (κ3) is 4.32. The Morgan fingerprint density at radius 3 is 2.53 bits per heavy atom. The van der Waals surface area contributed by atoms with Gasteiger partial charge < -0.3 is 4.90 Å². The van der Waals surface area contributed by atoms with Gasteiger partial charge in [0.15, 0.2) is 0 Å². The largest absolute Gasteiger partial charge is 0.416 e. The number of amides is 1. The molecule has 2 aliphatic rings. The Hall–Kier alpha value is -1.91. The number of hydrogen-bond donors (Lipinski definition) is 0. The van der Waals surface area contributed by atoms with Gasteiger partial charge in [-0.3, -0.25) is 4.79 Å². The van der Waals surface area contributed by atoms with Crippen LogP contribution in [0.25, 0.3) is 0 Å². The van der Waals surface area contributed by atoms with Crippen LogP contribution in [0.4, 0.5) is 13.2 Å². The molecule has 1 fully saturated rings. The smallest absolute Gasteiger partial charge is 0.335 e. The number of piperidine rings is 1. The van der Waals surface area contributed by atoms with Crippen molar-refractivity contribution in [1.82, 2.24) is 9.21 Å². The zero-order valence-corrected chi connectivity index (χ0v) is 19.3. The fourth-order valence-electron chi connectivity index (χ4n) is 4.66. The third-order valence-electron chi connectivity index (χ3n) is 6.37. The fourth-order valence-corrected chi connectivity index (χ4v) is 7.10. The molecule has 0 aliphatic carbocycles. The molecule has 1 atom stereocenters. The summed E-state index contributed by atoms with van der Waals surface area (Å²) in [7, 11) is -4.06. The van der Waals surface area contributed by atoms with Gasteiger partial charge in [0.25, 0.3) is 0 Å². The van der Waals surface area contributed by atoms with Crippen molar-refractivity contribution < 1.29 is 26.4 Å². The van der Waals surface area contributed by atoms with Crippen molar-refractivity contribution in [3.63, 3.8) is 0 Å². The molecular weight excluding hydrogens is 461 g/mol. The summed E-state index contributed by atoms with van der Waals surface area (Å²) < 4.78 is 66.0. The summed E-state index contributed by atoms with van der Waals surface area (Å²) in [6.07, 6.45) is -2.24. The minimum atomic E-state index is -4.61. The molecule has 2 aromatic rings. The van der Waals surface area contributed by atoms with Crippen molar-refractivity contribution in [1.29, 1.82) is 0 Å². The minimum Gasteiger partial charge on any atom is -0.335 e. The summed E-state index contributed by atoms with van der Waals surface area (Å²) >= 11 is 1.72. The van der Waals surface area contributed by atoms with Crippen LogP contribution >= 0.6 is 11.3 Å². The van der Waals surface area contributed by atoms with E-state index < -0.39 is 21.8 Å². The summed E-state index contributed by atoms with van der Waals surface area (Å²) in [4.78, 5) is 16.2. The van der Waals surface area contributed by atoms with Gasteiger partial charge in [-0.1, -0.05) is 13.0 Å². The van der Waals surface area contributed by atoms with Crippen LogP contribution in [0.2, 0.25) is 0 Å². The van der Waals surface area contributed by atoms with Crippen molar-refractivity contribution >= 4 is 27.3 Å². The van der Waals surface area contributed by atoms with Gasteiger partial charge in [-0.15, -0.1) is 11.3 Å². The lowest BCUT2D eigenvalue weighted by atomic mass is 9.92. The van der Waals surface area contributed by atoms with Crippen LogP contribution in [0.1, 0.15) is 48.2 Å². The second-order valence-electron chi connectivity index (χ2n) is 8.21. The van der Waals surface area contributed by atoms with Crippen molar-refractivity contribution in [2.45, 2.75) is 49.7 Å². The molecule has 0 saturated carbocycles. The maximum Gasteiger partial charge on any atom is 0.416 e. The summed E-state index contributed by atoms with van der Waals surface area (Å²) in [5, 5.41) is 2.05. The Bertz CT molecular complexity index is 1090. The molecule has 3 heterocycles. The number of alkyl halides is 3. The van der Waals surface area contributed by atoms with Crippen molar-refractivity contribution in [3.05, 3.63) is 51.7 Å². The maximum atomic E-state index is 13.3. The molecular formula is C22H25F3N2O3S2. The maximum absolute atomic E-state index is 13.3. The van der Waals surface area contributed by atoms with Crippen LogP contribution in [0.5, 0.6) is 0 Å². The van der Waals surface area contributed by atoms with E-state index in [1.807, 2.05) is 4.90 Å². The number of benzene rings is 1. The third-order valence-corrected chi connectivity index (χ3v) is 9.26. The number of fused-ring (bicyclic) bond motifs is 1. The van der Waals surface area contributed by atoms with Crippen molar-refractivity contribution in [3.8, 4) is 0 Å². The standard InChI is InChI=1S/C22H25F3N2O3S2/c1-2-19-18-9-13-31-20(18)8-12-27(19)21(28)15-6-10-26(11-7-15)32(29,30)17-5-3-4-16(14-17)22(23,24)25/h3-5,9,13-15,19H,2,6-8,10-12H2,1H3/t19-/m0/s1. The first-order valence-electron chi connectivity index (χ1n) is 10.7. The Morgan fingerprint density at radius 1 is 1.16 bits per heavy atom. The molecule has 1 aromatic carbocycles. The molecule has 2 aliphatic heterocycles. The number of sulfonamides is 1. The van der Waals surface area contributed by atoms with Gasteiger partial charge in [-0.25, -0.2) is 8.42 Å². The molecule has 0 N–H and O–H groups in total. The molecule has 5 nitrogen and oxygen atoms in total. The highest BCUT2D eigenvalue weighted by Crippen LogP contribution is 2.37. The van der Waals surface area contributed by atoms with Gasteiger partial charge in [0.05, 0.1) is 16.5 Å². The van der Waals surface area contributed by atoms with Gasteiger partial charge in [0.2, 0.25) is 15.9 Å². The van der Waals surface area contributed by atoms with Crippen molar-refractivity contribution in [2.75, 3.05) is 19.6 Å². The van der Waals surface area contributed by atoms with E-state index in [0.29, 0.717) is 25.5 Å². The quantitative estimate of drug-likeness (QED) is 0.629. The van der Waals surface area contributed by atoms with E-state index in [-0.39, 0.29) is 35.9 Å². The monoisotopic (exact) mass is 486 g/mol. The molecule has 1 amide bonds. The van der Waals surface area contributed by atoms with E-state index in [4.69, 9.17) is 0 Å². The lowest BCUT2D eigenvalue weighted by molar-refractivity contribution is -0.140. The average Bonchev–Trinajstić information content (AvgIpc) is 3.26. The molecule has 10 heteroatoms. The van der Waals surface area contributed by atoms with Gasteiger partial charge in [0.1, 0.15) is 0 Å². The Kier molecular flexibility index (Phi) is 6.39. The van der Waals surface area contributed by atoms with Crippen LogP contribution in [-0.4, -0.2) is 43.2 Å². The van der Waals surface area contributed by atoms with E-state index in [0.717, 1.165) is 25.0 Å². The summed E-state index contributed by atoms with van der Waals surface area (Å²) in [5.41, 5.74) is 0.216. The molecule has 0 radical (unpaired) electrons.